The van der Waals surface area contributed by atoms with Gasteiger partial charge in [0.05, 0.1) is 10.7 Å². The van der Waals surface area contributed by atoms with Crippen molar-refractivity contribution in [3.63, 3.8) is 0 Å². The molecule has 1 aromatic rings. The first kappa shape index (κ1) is 18.0. The van der Waals surface area contributed by atoms with E-state index in [2.05, 4.69) is 48.3 Å². The summed E-state index contributed by atoms with van der Waals surface area (Å²) in [5.41, 5.74) is 1.24. The molecule has 0 aliphatic carbocycles. The lowest BCUT2D eigenvalue weighted by atomic mass is 10.0. The number of nitrogens with one attached hydrogen (secondary N) is 2. The lowest BCUT2D eigenvalue weighted by Crippen LogP contribution is -2.40. The van der Waals surface area contributed by atoms with Crippen molar-refractivity contribution in [3.05, 3.63) is 15.6 Å². The van der Waals surface area contributed by atoms with Gasteiger partial charge in [-0.25, -0.2) is 4.98 Å². The molecule has 5 heteroatoms. The van der Waals surface area contributed by atoms with Crippen LogP contribution in [0.1, 0.15) is 49.2 Å². The Hall–Kier alpha value is -1.10. The monoisotopic (exact) mass is 310 g/mol. The normalized spacial score (nSPS) is 12.0. The summed E-state index contributed by atoms with van der Waals surface area (Å²) in [6.45, 7) is 10.7. The largest absolute Gasteiger partial charge is 0.356 e. The molecule has 120 valence electrons. The van der Waals surface area contributed by atoms with Crippen molar-refractivity contribution in [1.82, 2.24) is 15.6 Å². The fourth-order valence-corrected chi connectivity index (χ4v) is 3.27. The molecule has 0 amide bonds. The van der Waals surface area contributed by atoms with Gasteiger partial charge in [-0.05, 0) is 19.3 Å². The number of aromatic nitrogens is 1. The zero-order valence-corrected chi connectivity index (χ0v) is 14.9. The molecule has 0 bridgehead atoms. The van der Waals surface area contributed by atoms with Gasteiger partial charge < -0.3 is 10.6 Å². The molecule has 0 spiro atoms. The topological polar surface area (TPSA) is 49.3 Å². The highest BCUT2D eigenvalue weighted by atomic mass is 32.1. The molecule has 0 unspecified atom stereocenters. The van der Waals surface area contributed by atoms with E-state index in [4.69, 9.17) is 0 Å². The maximum atomic E-state index is 4.67. The van der Waals surface area contributed by atoms with Crippen LogP contribution in [0, 0.1) is 12.8 Å². The number of aliphatic imine (C=N–C) groups is 1. The van der Waals surface area contributed by atoms with E-state index in [-0.39, 0.29) is 0 Å². The number of nitrogens with zero attached hydrogens (tertiary/aromatic N) is 2. The van der Waals surface area contributed by atoms with E-state index in [0.29, 0.717) is 0 Å². The highest BCUT2D eigenvalue weighted by molar-refractivity contribution is 7.11. The van der Waals surface area contributed by atoms with Crippen LogP contribution in [0.25, 0.3) is 0 Å². The zero-order chi connectivity index (χ0) is 15.7. The summed E-state index contributed by atoms with van der Waals surface area (Å²) >= 11 is 1.81. The molecular weight excluding hydrogens is 280 g/mol. The number of hydrogen-bond donors (Lipinski definition) is 2. The molecule has 1 rings (SSSR count). The minimum absolute atomic E-state index is 0.720. The molecule has 4 nitrogen and oxygen atoms in total. The lowest BCUT2D eigenvalue weighted by molar-refractivity contribution is 0.481. The van der Waals surface area contributed by atoms with Crippen molar-refractivity contribution in [1.29, 1.82) is 0 Å². The first-order valence-electron chi connectivity index (χ1n) is 8.04. The predicted octanol–water partition coefficient (Wildman–Crippen LogP) is 3.16. The third kappa shape index (κ3) is 6.04. The van der Waals surface area contributed by atoms with Gasteiger partial charge in [0.1, 0.15) is 0 Å². The second-order valence-electron chi connectivity index (χ2n) is 5.28. The molecular formula is C16H30N4S. The minimum Gasteiger partial charge on any atom is -0.356 e. The fraction of sp³-hybridized carbons (Fsp3) is 0.750. The van der Waals surface area contributed by atoms with Crippen LogP contribution in [0.15, 0.2) is 4.99 Å². The van der Waals surface area contributed by atoms with Gasteiger partial charge >= 0.3 is 0 Å². The summed E-state index contributed by atoms with van der Waals surface area (Å²) in [6.07, 6.45) is 4.39. The maximum absolute atomic E-state index is 4.67. The number of aryl methyl sites for hydroxylation is 2. The first-order chi connectivity index (χ1) is 10.1. The van der Waals surface area contributed by atoms with Crippen molar-refractivity contribution >= 4 is 17.3 Å². The average molecular weight is 311 g/mol. The summed E-state index contributed by atoms with van der Waals surface area (Å²) in [4.78, 5) is 10.3. The molecule has 0 saturated carbocycles. The van der Waals surface area contributed by atoms with Gasteiger partial charge in [-0.2, -0.15) is 0 Å². The average Bonchev–Trinajstić information content (AvgIpc) is 2.86. The summed E-state index contributed by atoms with van der Waals surface area (Å²) < 4.78 is 0. The first-order valence-corrected chi connectivity index (χ1v) is 8.85. The van der Waals surface area contributed by atoms with Gasteiger partial charge in [0, 0.05) is 31.4 Å². The Balaban J connectivity index is 2.35. The van der Waals surface area contributed by atoms with E-state index in [1.165, 1.54) is 28.4 Å². The maximum Gasteiger partial charge on any atom is 0.190 e. The Morgan fingerprint density at radius 2 is 1.95 bits per heavy atom. The predicted molar refractivity (Wildman–Crippen MR) is 93.4 cm³/mol. The Kier molecular flexibility index (Phi) is 8.35. The van der Waals surface area contributed by atoms with E-state index in [1.54, 1.807) is 0 Å². The van der Waals surface area contributed by atoms with E-state index in [1.807, 2.05) is 18.4 Å². The van der Waals surface area contributed by atoms with Crippen LogP contribution in [-0.2, 0) is 12.8 Å². The molecule has 2 N–H and O–H groups in total. The van der Waals surface area contributed by atoms with Gasteiger partial charge in [0.25, 0.3) is 0 Å². The summed E-state index contributed by atoms with van der Waals surface area (Å²) in [5, 5.41) is 8.00. The summed E-state index contributed by atoms with van der Waals surface area (Å²) in [5.74, 6) is 1.61. The molecule has 21 heavy (non-hydrogen) atoms. The lowest BCUT2D eigenvalue weighted by Gasteiger charge is -2.16. The molecule has 0 aromatic carbocycles. The quantitative estimate of drug-likeness (QED) is 0.573. The smallest absolute Gasteiger partial charge is 0.190 e. The Morgan fingerprint density at radius 3 is 2.48 bits per heavy atom. The fourth-order valence-electron chi connectivity index (χ4n) is 2.25. The summed E-state index contributed by atoms with van der Waals surface area (Å²) in [6, 6.07) is 0. The van der Waals surface area contributed by atoms with Crippen molar-refractivity contribution in [2.45, 2.75) is 53.4 Å². The van der Waals surface area contributed by atoms with Crippen molar-refractivity contribution < 1.29 is 0 Å². The third-order valence-electron chi connectivity index (χ3n) is 3.84. The van der Waals surface area contributed by atoms with Crippen LogP contribution >= 0.6 is 11.3 Å². The van der Waals surface area contributed by atoms with Gasteiger partial charge in [-0.1, -0.05) is 33.6 Å². The zero-order valence-electron chi connectivity index (χ0n) is 14.1. The van der Waals surface area contributed by atoms with Crippen LogP contribution in [0.5, 0.6) is 0 Å². The highest BCUT2D eigenvalue weighted by Gasteiger charge is 2.07. The number of hydrogen-bond acceptors (Lipinski definition) is 3. The van der Waals surface area contributed by atoms with Gasteiger partial charge in [-0.3, -0.25) is 4.99 Å². The standard InChI is InChI=1S/C16H30N4S/c1-6-13(7-2)11-19-16(17-5)18-10-9-15-20-14(8-3)12(4)21-15/h13H,6-11H2,1-5H3,(H2,17,18,19). The minimum atomic E-state index is 0.720. The van der Waals surface area contributed by atoms with Crippen molar-refractivity contribution in [2.75, 3.05) is 20.1 Å². The SMILES string of the molecule is CCc1nc(CCNC(=NC)NCC(CC)CC)sc1C. The van der Waals surface area contributed by atoms with Crippen LogP contribution in [0.3, 0.4) is 0 Å². The molecule has 1 aromatic heterocycles. The Bertz CT molecular complexity index is 435. The third-order valence-corrected chi connectivity index (χ3v) is 4.91. The number of thiazole rings is 1. The highest BCUT2D eigenvalue weighted by Crippen LogP contribution is 2.17. The van der Waals surface area contributed by atoms with Crippen LogP contribution in [0.4, 0.5) is 0 Å². The van der Waals surface area contributed by atoms with Crippen LogP contribution in [-0.4, -0.2) is 31.1 Å². The van der Waals surface area contributed by atoms with Gasteiger partial charge in [0.2, 0.25) is 0 Å². The van der Waals surface area contributed by atoms with E-state index < -0.39 is 0 Å². The molecule has 0 atom stereocenters. The van der Waals surface area contributed by atoms with Crippen LogP contribution in [0.2, 0.25) is 0 Å². The second kappa shape index (κ2) is 9.77. The second-order valence-corrected chi connectivity index (χ2v) is 6.56. The van der Waals surface area contributed by atoms with Crippen molar-refractivity contribution in [2.24, 2.45) is 10.9 Å². The van der Waals surface area contributed by atoms with E-state index in [0.717, 1.165) is 37.8 Å². The Labute approximate surface area is 133 Å². The molecule has 1 heterocycles. The van der Waals surface area contributed by atoms with Crippen LogP contribution < -0.4 is 10.6 Å². The number of rotatable bonds is 8. The van der Waals surface area contributed by atoms with E-state index in [9.17, 15) is 0 Å². The molecule has 0 aliphatic rings. The van der Waals surface area contributed by atoms with Gasteiger partial charge in [-0.15, -0.1) is 11.3 Å². The molecule has 0 fully saturated rings. The van der Waals surface area contributed by atoms with Gasteiger partial charge in [0.15, 0.2) is 5.96 Å². The molecule has 0 saturated heterocycles. The van der Waals surface area contributed by atoms with Crippen molar-refractivity contribution in [3.8, 4) is 0 Å². The molecule has 0 aliphatic heterocycles. The number of guanidine groups is 1. The molecule has 0 radical (unpaired) electrons. The van der Waals surface area contributed by atoms with E-state index >= 15 is 0 Å². The summed E-state index contributed by atoms with van der Waals surface area (Å²) in [7, 11) is 1.82. The Morgan fingerprint density at radius 1 is 1.24 bits per heavy atom.